The maximum Gasteiger partial charge on any atom is 0.251 e. The number of amides is 4. The molecule has 2 N–H and O–H groups in total. The van der Waals surface area contributed by atoms with Gasteiger partial charge in [-0.2, -0.15) is 8.61 Å². The van der Waals surface area contributed by atoms with Crippen LogP contribution in [0, 0.1) is 23.5 Å². The zero-order valence-corrected chi connectivity index (χ0v) is 49.4. The van der Waals surface area contributed by atoms with Gasteiger partial charge in [-0.15, -0.1) is 0 Å². The van der Waals surface area contributed by atoms with Gasteiger partial charge >= 0.3 is 0 Å². The Balaban J connectivity index is 0.000000202. The summed E-state index contributed by atoms with van der Waals surface area (Å²) in [6.45, 7) is 2.10. The standard InChI is InChI=1S/C33H38FN3O5S.C32H36FN3O4S/c1-42-29-16-12-24(13-17-29)23-6-8-26(9-7-23)32(38)35-31(33(39)36-18-20-37(21-19-36)43(2,40)41)5-3-4-27-22-30(27)25-10-14-28(34)15-11-25;1-41(39,40)36-20-18-35(19-21-36)32(38)30(9-5-8-27-22-29(27)25-14-16-28(33)17-15-25)34-31(37)26-12-10-24(11-13-26)23-6-3-2-4-7-23/h6-17,27,30-31H,3-5,18-22H2,1-2H3,(H,35,38);2-4,6-7,10-17,27,29-30H,5,8-9,18-22H2,1H3,(H,34,37)/t27-,30+,31-;27-,29+,30-/m00/s1. The maximum absolute atomic E-state index is 13.6. The highest BCUT2D eigenvalue weighted by Gasteiger charge is 2.40. The minimum atomic E-state index is -3.33. The monoisotopic (exact) mass is 1180 g/mol. The minimum Gasteiger partial charge on any atom is -0.497 e. The number of methoxy groups -OCH3 is 1. The lowest BCUT2D eigenvalue weighted by atomic mass is 10.0. The zero-order valence-electron chi connectivity index (χ0n) is 47.7. The van der Waals surface area contributed by atoms with Crippen molar-refractivity contribution in [3.05, 3.63) is 186 Å². The first-order chi connectivity index (χ1) is 40.3. The number of hydrogen-bond donors (Lipinski definition) is 2. The topological polar surface area (TPSA) is 183 Å². The molecule has 6 aromatic carbocycles. The Morgan fingerprint density at radius 2 is 0.833 bits per heavy atom. The van der Waals surface area contributed by atoms with Crippen molar-refractivity contribution < 1.29 is 49.5 Å². The summed E-state index contributed by atoms with van der Waals surface area (Å²) in [5, 5.41) is 5.94. The van der Waals surface area contributed by atoms with E-state index in [1.807, 2.05) is 103 Å². The summed E-state index contributed by atoms with van der Waals surface area (Å²) in [5.41, 5.74) is 7.20. The predicted molar refractivity (Wildman–Crippen MR) is 321 cm³/mol. The van der Waals surface area contributed by atoms with Crippen LogP contribution in [0.5, 0.6) is 5.75 Å². The summed E-state index contributed by atoms with van der Waals surface area (Å²) in [7, 11) is -5.03. The van der Waals surface area contributed by atoms with Crippen LogP contribution < -0.4 is 15.4 Å². The van der Waals surface area contributed by atoms with Crippen molar-refractivity contribution in [2.75, 3.05) is 72.0 Å². The predicted octanol–water partition coefficient (Wildman–Crippen LogP) is 9.35. The average molecular weight is 1190 g/mol. The molecule has 4 fully saturated rings. The van der Waals surface area contributed by atoms with Crippen LogP contribution in [-0.2, 0) is 29.6 Å². The molecule has 0 radical (unpaired) electrons. The number of benzene rings is 6. The van der Waals surface area contributed by atoms with Gasteiger partial charge in [0, 0.05) is 63.5 Å². The molecular weight excluding hydrogens is 1110 g/mol. The van der Waals surface area contributed by atoms with Crippen LogP contribution in [0.25, 0.3) is 22.3 Å². The molecule has 0 bridgehead atoms. The van der Waals surface area contributed by atoms with Crippen molar-refractivity contribution in [2.24, 2.45) is 11.8 Å². The largest absolute Gasteiger partial charge is 0.497 e. The number of carbonyl (C=O) groups excluding carboxylic acids is 4. The lowest BCUT2D eigenvalue weighted by Gasteiger charge is -2.35. The van der Waals surface area contributed by atoms with Crippen molar-refractivity contribution >= 4 is 43.7 Å². The summed E-state index contributed by atoms with van der Waals surface area (Å²) in [6.07, 6.45) is 8.71. The van der Waals surface area contributed by atoms with Crippen LogP contribution in [-0.4, -0.2) is 143 Å². The summed E-state index contributed by atoms with van der Waals surface area (Å²) >= 11 is 0. The molecule has 444 valence electrons. The first kappa shape index (κ1) is 61.2. The number of hydrogen-bond acceptors (Lipinski definition) is 9. The van der Waals surface area contributed by atoms with Crippen molar-refractivity contribution in [1.29, 1.82) is 0 Å². The van der Waals surface area contributed by atoms with Crippen LogP contribution in [0.3, 0.4) is 0 Å². The van der Waals surface area contributed by atoms with E-state index < -0.39 is 32.1 Å². The van der Waals surface area contributed by atoms with E-state index in [1.165, 1.54) is 45.4 Å². The summed E-state index contributed by atoms with van der Waals surface area (Å²) in [4.78, 5) is 57.1. The van der Waals surface area contributed by atoms with Crippen LogP contribution in [0.15, 0.2) is 152 Å². The molecule has 0 unspecified atom stereocenters. The molecule has 0 spiro atoms. The number of nitrogens with one attached hydrogen (secondary N) is 2. The Morgan fingerprint density at radius 3 is 1.18 bits per heavy atom. The van der Waals surface area contributed by atoms with Gasteiger partial charge in [0.15, 0.2) is 0 Å². The Morgan fingerprint density at radius 1 is 0.488 bits per heavy atom. The van der Waals surface area contributed by atoms with E-state index in [4.69, 9.17) is 4.74 Å². The molecule has 2 saturated carbocycles. The lowest BCUT2D eigenvalue weighted by Crippen LogP contribution is -2.55. The second-order valence-electron chi connectivity index (χ2n) is 22.4. The van der Waals surface area contributed by atoms with Gasteiger partial charge in [-0.3, -0.25) is 19.2 Å². The molecule has 19 heteroatoms. The first-order valence-corrected chi connectivity index (χ1v) is 32.5. The quantitative estimate of drug-likeness (QED) is 0.0710. The Kier molecular flexibility index (Phi) is 20.1. The molecule has 6 aromatic rings. The fourth-order valence-electron chi connectivity index (χ4n) is 11.5. The molecule has 4 amide bonds. The van der Waals surface area contributed by atoms with Crippen LogP contribution in [0.4, 0.5) is 8.78 Å². The molecule has 15 nitrogen and oxygen atoms in total. The molecule has 4 aliphatic rings. The maximum atomic E-state index is 13.6. The fraction of sp³-hybridized carbons (Fsp3) is 0.385. The highest BCUT2D eigenvalue weighted by Crippen LogP contribution is 2.51. The smallest absolute Gasteiger partial charge is 0.251 e. The summed E-state index contributed by atoms with van der Waals surface area (Å²) < 4.78 is 82.3. The van der Waals surface area contributed by atoms with Gasteiger partial charge in [-0.25, -0.2) is 25.6 Å². The SMILES string of the molecule is COc1ccc(-c2ccc(C(=O)N[C@@H](CCC[C@H]3C[C@@H]3c3ccc(F)cc3)C(=O)N3CCN(S(C)(=O)=O)CC3)cc2)cc1.CS(=O)(=O)N1CCN(C(=O)[C@H](CCC[C@H]2C[C@@H]2c2ccc(F)cc2)NC(=O)c2ccc(-c3ccccc3)cc2)CC1. The Labute approximate surface area is 492 Å². The van der Waals surface area contributed by atoms with E-state index in [0.29, 0.717) is 60.7 Å². The minimum absolute atomic E-state index is 0.182. The molecular formula is C65H74F2N6O9S2. The molecule has 2 aliphatic heterocycles. The number of halogens is 2. The van der Waals surface area contributed by atoms with Crippen LogP contribution in [0.1, 0.15) is 95.0 Å². The second kappa shape index (κ2) is 27.6. The zero-order chi connectivity index (χ0) is 59.5. The highest BCUT2D eigenvalue weighted by atomic mass is 32.2. The van der Waals surface area contributed by atoms with Gasteiger partial charge < -0.3 is 25.2 Å². The Bertz CT molecular complexity index is 3440. The van der Waals surface area contributed by atoms with E-state index in [1.54, 1.807) is 41.2 Å². The number of carbonyl (C=O) groups is 4. The fourth-order valence-corrected chi connectivity index (χ4v) is 13.2. The van der Waals surface area contributed by atoms with E-state index in [-0.39, 0.29) is 74.5 Å². The summed E-state index contributed by atoms with van der Waals surface area (Å²) in [6, 6.07) is 44.0. The van der Waals surface area contributed by atoms with Gasteiger partial charge in [-0.1, -0.05) is 104 Å². The number of nitrogens with zero attached hydrogens (tertiary/aromatic N) is 4. The second-order valence-corrected chi connectivity index (χ2v) is 26.4. The van der Waals surface area contributed by atoms with E-state index in [9.17, 15) is 44.8 Å². The van der Waals surface area contributed by atoms with Crippen molar-refractivity contribution in [3.63, 3.8) is 0 Å². The van der Waals surface area contributed by atoms with Crippen molar-refractivity contribution in [2.45, 2.75) is 75.3 Å². The van der Waals surface area contributed by atoms with Gasteiger partial charge in [0.2, 0.25) is 31.9 Å². The number of ether oxygens (including phenoxy) is 1. The van der Waals surface area contributed by atoms with Gasteiger partial charge in [0.1, 0.15) is 29.5 Å². The third-order valence-electron chi connectivity index (χ3n) is 16.6. The molecule has 10 rings (SSSR count). The van der Waals surface area contributed by atoms with Gasteiger partial charge in [0.05, 0.1) is 19.6 Å². The van der Waals surface area contributed by atoms with Crippen LogP contribution in [0.2, 0.25) is 0 Å². The Hall–Kier alpha value is -7.32. The molecule has 2 saturated heterocycles. The number of sulfonamides is 2. The third kappa shape index (κ3) is 16.5. The van der Waals surface area contributed by atoms with Gasteiger partial charge in [-0.05, 0) is 156 Å². The van der Waals surface area contributed by atoms with E-state index in [0.717, 1.165) is 77.7 Å². The number of piperazine rings is 2. The van der Waals surface area contributed by atoms with Crippen molar-refractivity contribution in [1.82, 2.24) is 29.0 Å². The third-order valence-corrected chi connectivity index (χ3v) is 19.3. The lowest BCUT2D eigenvalue weighted by molar-refractivity contribution is -0.135. The molecule has 2 heterocycles. The average Bonchev–Trinajstić information content (AvgIpc) is 4.61. The van der Waals surface area contributed by atoms with E-state index >= 15 is 0 Å². The van der Waals surface area contributed by atoms with E-state index in [2.05, 4.69) is 10.6 Å². The first-order valence-electron chi connectivity index (χ1n) is 28.8. The molecule has 6 atom stereocenters. The van der Waals surface area contributed by atoms with Crippen molar-refractivity contribution in [3.8, 4) is 28.0 Å². The number of rotatable bonds is 21. The highest BCUT2D eigenvalue weighted by molar-refractivity contribution is 7.88. The van der Waals surface area contributed by atoms with Gasteiger partial charge in [0.25, 0.3) is 11.8 Å². The molecule has 2 aliphatic carbocycles. The summed E-state index contributed by atoms with van der Waals surface area (Å²) in [5.74, 6) is 1.03. The molecule has 0 aromatic heterocycles. The van der Waals surface area contributed by atoms with Crippen LogP contribution >= 0.6 is 0 Å². The normalized spacial score (nSPS) is 19.7. The molecule has 84 heavy (non-hydrogen) atoms.